The van der Waals surface area contributed by atoms with E-state index in [-0.39, 0.29) is 18.2 Å². The van der Waals surface area contributed by atoms with Crippen molar-refractivity contribution in [3.8, 4) is 0 Å². The van der Waals surface area contributed by atoms with Crippen LogP contribution in [0.4, 0.5) is 0 Å². The van der Waals surface area contributed by atoms with Gasteiger partial charge in [0, 0.05) is 23.0 Å². The Bertz CT molecular complexity index is 575. The van der Waals surface area contributed by atoms with Gasteiger partial charge in [-0.25, -0.2) is 4.79 Å². The normalized spacial score (nSPS) is 11.6. The predicted octanol–water partition coefficient (Wildman–Crippen LogP) is 2.49. The van der Waals surface area contributed by atoms with E-state index in [9.17, 15) is 14.4 Å². The van der Waals surface area contributed by atoms with Crippen LogP contribution in [0.1, 0.15) is 44.6 Å². The first kappa shape index (κ1) is 21.4. The fraction of sp³-hybridized carbons (Fsp3) is 0.500. The molecule has 0 radical (unpaired) electrons. The Labute approximate surface area is 161 Å². The summed E-state index contributed by atoms with van der Waals surface area (Å²) in [5, 5.41) is 14.3. The first-order chi connectivity index (χ1) is 11.9. The number of carbonyl (C=O) groups excluding carboxylic acids is 2. The molecule has 0 heterocycles. The Balaban J connectivity index is 2.17. The number of nitrogens with one attached hydrogen (secondary N) is 2. The second kappa shape index (κ2) is 11.8. The molecule has 3 N–H and O–H groups in total. The molecule has 0 saturated carbocycles. The zero-order chi connectivity index (χ0) is 18.7. The van der Waals surface area contributed by atoms with Crippen molar-refractivity contribution in [3.05, 3.63) is 33.4 Å². The highest BCUT2D eigenvalue weighted by atomic mass is 127. The average Bonchev–Trinajstić information content (AvgIpc) is 2.58. The minimum absolute atomic E-state index is 0.0324. The van der Waals surface area contributed by atoms with Crippen LogP contribution in [0.5, 0.6) is 0 Å². The Kier molecular flexibility index (Phi) is 10.1. The third kappa shape index (κ3) is 9.42. The van der Waals surface area contributed by atoms with Gasteiger partial charge in [0.2, 0.25) is 11.8 Å². The van der Waals surface area contributed by atoms with Gasteiger partial charge in [0.05, 0.1) is 0 Å². The van der Waals surface area contributed by atoms with Gasteiger partial charge >= 0.3 is 5.97 Å². The molecule has 0 aliphatic rings. The highest BCUT2D eigenvalue weighted by Gasteiger charge is 2.18. The summed E-state index contributed by atoms with van der Waals surface area (Å²) in [4.78, 5) is 34.1. The number of hydrogen-bond acceptors (Lipinski definition) is 3. The Morgan fingerprint density at radius 2 is 1.80 bits per heavy atom. The summed E-state index contributed by atoms with van der Waals surface area (Å²) < 4.78 is 1.19. The number of benzene rings is 1. The van der Waals surface area contributed by atoms with Gasteiger partial charge in [0.1, 0.15) is 6.04 Å². The Morgan fingerprint density at radius 3 is 2.40 bits per heavy atom. The lowest BCUT2D eigenvalue weighted by Crippen LogP contribution is -2.41. The van der Waals surface area contributed by atoms with Crippen molar-refractivity contribution in [2.45, 2.75) is 51.5 Å². The predicted molar refractivity (Wildman–Crippen MR) is 104 cm³/mol. The number of aryl methyl sites for hydroxylation is 1. The summed E-state index contributed by atoms with van der Waals surface area (Å²) in [7, 11) is 0. The van der Waals surface area contributed by atoms with Gasteiger partial charge in [0.15, 0.2) is 0 Å². The standard InChI is InChI=1S/C18H25IN2O4/c1-2-16(22)21-15(18(24)25)6-4-12-20-17(23)7-3-5-13-8-10-14(19)11-9-13/h8-11,15H,2-7,12H2,1H3,(H,20,23)(H,21,22)(H,24,25)/t15-/m0/s1. The van der Waals surface area contributed by atoms with E-state index in [4.69, 9.17) is 5.11 Å². The number of carboxylic acid groups (broad SMARTS) is 1. The van der Waals surface area contributed by atoms with Gasteiger partial charge in [-0.2, -0.15) is 0 Å². The van der Waals surface area contributed by atoms with Gasteiger partial charge in [-0.3, -0.25) is 9.59 Å². The lowest BCUT2D eigenvalue weighted by atomic mass is 10.1. The second-order valence-corrected chi connectivity index (χ2v) is 7.03. The molecule has 7 heteroatoms. The number of halogens is 1. The van der Waals surface area contributed by atoms with E-state index >= 15 is 0 Å². The van der Waals surface area contributed by atoms with Gasteiger partial charge in [0.25, 0.3) is 0 Å². The van der Waals surface area contributed by atoms with E-state index in [1.54, 1.807) is 6.92 Å². The molecule has 1 aromatic rings. The molecule has 0 fully saturated rings. The molecule has 0 aliphatic heterocycles. The van der Waals surface area contributed by atoms with Crippen LogP contribution in [0.3, 0.4) is 0 Å². The smallest absolute Gasteiger partial charge is 0.326 e. The number of rotatable bonds is 11. The molecule has 6 nitrogen and oxygen atoms in total. The maximum Gasteiger partial charge on any atom is 0.326 e. The molecule has 0 unspecified atom stereocenters. The van der Waals surface area contributed by atoms with Crippen molar-refractivity contribution in [3.63, 3.8) is 0 Å². The highest BCUT2D eigenvalue weighted by molar-refractivity contribution is 14.1. The number of aliphatic carboxylic acids is 1. The quantitative estimate of drug-likeness (QED) is 0.349. The van der Waals surface area contributed by atoms with Crippen LogP contribution in [-0.2, 0) is 20.8 Å². The van der Waals surface area contributed by atoms with Crippen LogP contribution in [0.15, 0.2) is 24.3 Å². The van der Waals surface area contributed by atoms with Crippen molar-refractivity contribution in [2.24, 2.45) is 0 Å². The molecule has 25 heavy (non-hydrogen) atoms. The molecule has 0 aromatic heterocycles. The van der Waals surface area contributed by atoms with Gasteiger partial charge < -0.3 is 15.7 Å². The van der Waals surface area contributed by atoms with E-state index in [1.165, 1.54) is 9.13 Å². The third-order valence-corrected chi connectivity index (χ3v) is 4.45. The maximum absolute atomic E-state index is 11.8. The first-order valence-electron chi connectivity index (χ1n) is 8.45. The first-order valence-corrected chi connectivity index (χ1v) is 9.53. The largest absolute Gasteiger partial charge is 0.480 e. The minimum atomic E-state index is -1.05. The van der Waals surface area contributed by atoms with Crippen molar-refractivity contribution >= 4 is 40.4 Å². The van der Waals surface area contributed by atoms with Gasteiger partial charge in [-0.1, -0.05) is 19.1 Å². The average molecular weight is 460 g/mol. The zero-order valence-electron chi connectivity index (χ0n) is 14.4. The monoisotopic (exact) mass is 460 g/mol. The van der Waals surface area contributed by atoms with E-state index in [0.717, 1.165) is 12.8 Å². The van der Waals surface area contributed by atoms with Crippen LogP contribution in [0.2, 0.25) is 0 Å². The zero-order valence-corrected chi connectivity index (χ0v) is 16.5. The summed E-state index contributed by atoms with van der Waals surface area (Å²) in [6, 6.07) is 7.33. The summed E-state index contributed by atoms with van der Waals surface area (Å²) in [5.41, 5.74) is 1.21. The molecule has 1 rings (SSSR count). The molecular weight excluding hydrogens is 435 g/mol. The van der Waals surface area contributed by atoms with Crippen molar-refractivity contribution < 1.29 is 19.5 Å². The fourth-order valence-electron chi connectivity index (χ4n) is 2.28. The topological polar surface area (TPSA) is 95.5 Å². The van der Waals surface area contributed by atoms with Gasteiger partial charge in [-0.15, -0.1) is 0 Å². The van der Waals surface area contributed by atoms with Crippen LogP contribution in [0.25, 0.3) is 0 Å². The molecular formula is C18H25IN2O4. The third-order valence-electron chi connectivity index (χ3n) is 3.73. The van der Waals surface area contributed by atoms with Gasteiger partial charge in [-0.05, 0) is 66.0 Å². The molecule has 1 atom stereocenters. The van der Waals surface area contributed by atoms with E-state index in [2.05, 4.69) is 45.4 Å². The van der Waals surface area contributed by atoms with Crippen LogP contribution in [-0.4, -0.2) is 35.5 Å². The lowest BCUT2D eigenvalue weighted by molar-refractivity contribution is -0.142. The van der Waals surface area contributed by atoms with Crippen LogP contribution < -0.4 is 10.6 Å². The molecule has 0 aliphatic carbocycles. The molecule has 0 bridgehead atoms. The minimum Gasteiger partial charge on any atom is -0.480 e. The van der Waals surface area contributed by atoms with E-state index < -0.39 is 12.0 Å². The molecule has 0 saturated heterocycles. The molecule has 0 spiro atoms. The summed E-state index contributed by atoms with van der Waals surface area (Å²) >= 11 is 2.26. The number of carbonyl (C=O) groups is 3. The number of amides is 2. The molecule has 1 aromatic carbocycles. The second-order valence-electron chi connectivity index (χ2n) is 5.78. The fourth-order valence-corrected chi connectivity index (χ4v) is 2.64. The molecule has 2 amide bonds. The van der Waals surface area contributed by atoms with Crippen LogP contribution >= 0.6 is 22.6 Å². The lowest BCUT2D eigenvalue weighted by Gasteiger charge is -2.14. The summed E-state index contributed by atoms with van der Waals surface area (Å²) in [6.07, 6.45) is 3.13. The van der Waals surface area contributed by atoms with Crippen molar-refractivity contribution in [1.82, 2.24) is 10.6 Å². The van der Waals surface area contributed by atoms with Crippen LogP contribution in [0, 0.1) is 3.57 Å². The van der Waals surface area contributed by atoms with E-state index in [0.29, 0.717) is 25.8 Å². The van der Waals surface area contributed by atoms with E-state index in [1.807, 2.05) is 12.1 Å². The highest BCUT2D eigenvalue weighted by Crippen LogP contribution is 2.09. The molecule has 138 valence electrons. The Hall–Kier alpha value is -1.64. The summed E-state index contributed by atoms with van der Waals surface area (Å²) in [5.74, 6) is -1.37. The maximum atomic E-state index is 11.8. The SMILES string of the molecule is CCC(=O)N[C@@H](CCCNC(=O)CCCc1ccc(I)cc1)C(=O)O. The summed E-state index contributed by atoms with van der Waals surface area (Å²) in [6.45, 7) is 2.08. The van der Waals surface area contributed by atoms with Crippen molar-refractivity contribution in [2.75, 3.05) is 6.54 Å². The Morgan fingerprint density at radius 1 is 1.12 bits per heavy atom. The van der Waals surface area contributed by atoms with Crippen molar-refractivity contribution in [1.29, 1.82) is 0 Å². The number of carboxylic acids is 1. The number of hydrogen-bond donors (Lipinski definition) is 3.